The molecule has 0 saturated carbocycles. The molecule has 0 radical (unpaired) electrons. The van der Waals surface area contributed by atoms with Crippen LogP contribution in [-0.2, 0) is 10.0 Å². The molecule has 2 aliphatic heterocycles. The number of hydrogen-bond donors (Lipinski definition) is 1. The molecule has 1 unspecified atom stereocenters. The van der Waals surface area contributed by atoms with Crippen LogP contribution in [0.3, 0.4) is 0 Å². The lowest BCUT2D eigenvalue weighted by Gasteiger charge is -2.40. The van der Waals surface area contributed by atoms with Gasteiger partial charge < -0.3 is 5.32 Å². The number of hydrogen-bond acceptors (Lipinski definition) is 5. The molecule has 2 fully saturated rings. The lowest BCUT2D eigenvalue weighted by atomic mass is 9.89. The Hall–Kier alpha value is -1.51. The third-order valence-electron chi connectivity index (χ3n) is 4.62. The molecule has 1 atom stereocenters. The van der Waals surface area contributed by atoms with Gasteiger partial charge in [0.05, 0.1) is 9.82 Å². The van der Waals surface area contributed by atoms with Crippen molar-refractivity contribution in [2.75, 3.05) is 19.6 Å². The normalized spacial score (nSPS) is 26.4. The first-order chi connectivity index (χ1) is 10.5. The van der Waals surface area contributed by atoms with Gasteiger partial charge in [0.2, 0.25) is 10.0 Å². The molecule has 120 valence electrons. The van der Waals surface area contributed by atoms with E-state index in [-0.39, 0.29) is 16.1 Å². The summed E-state index contributed by atoms with van der Waals surface area (Å²) in [7, 11) is -3.62. The maximum Gasteiger partial charge on any atom is 0.269 e. The highest BCUT2D eigenvalue weighted by atomic mass is 32.2. The van der Waals surface area contributed by atoms with Crippen LogP contribution < -0.4 is 5.32 Å². The standard InChI is InChI=1S/C14H19N3O4S/c18-17(19)12-3-5-13(6-4-12)22(20,21)16-10-2-8-14(16)7-1-9-15-11-14/h3-6,15H,1-2,7-11H2. The Labute approximate surface area is 129 Å². The quantitative estimate of drug-likeness (QED) is 0.671. The van der Waals surface area contributed by atoms with Crippen molar-refractivity contribution in [3.8, 4) is 0 Å². The monoisotopic (exact) mass is 325 g/mol. The van der Waals surface area contributed by atoms with Gasteiger partial charge in [-0.1, -0.05) is 0 Å². The average molecular weight is 325 g/mol. The fourth-order valence-corrected chi connectivity index (χ4v) is 5.39. The van der Waals surface area contributed by atoms with Gasteiger partial charge in [0, 0.05) is 30.8 Å². The first-order valence-electron chi connectivity index (χ1n) is 7.44. The van der Waals surface area contributed by atoms with Crippen LogP contribution in [-0.4, -0.2) is 42.8 Å². The van der Waals surface area contributed by atoms with E-state index in [9.17, 15) is 18.5 Å². The lowest BCUT2D eigenvalue weighted by Crippen LogP contribution is -2.56. The van der Waals surface area contributed by atoms with E-state index in [0.29, 0.717) is 13.1 Å². The molecular weight excluding hydrogens is 306 g/mol. The summed E-state index contributed by atoms with van der Waals surface area (Å²) >= 11 is 0. The van der Waals surface area contributed by atoms with Gasteiger partial charge >= 0.3 is 0 Å². The number of nitro groups is 1. The molecular formula is C14H19N3O4S. The number of piperidine rings is 1. The van der Waals surface area contributed by atoms with Crippen LogP contribution in [0.2, 0.25) is 0 Å². The zero-order valence-corrected chi connectivity index (χ0v) is 13.0. The van der Waals surface area contributed by atoms with E-state index in [2.05, 4.69) is 5.32 Å². The molecule has 1 spiro atoms. The third kappa shape index (κ3) is 2.51. The number of nitro benzene ring substituents is 1. The molecule has 2 saturated heterocycles. The molecule has 2 heterocycles. The van der Waals surface area contributed by atoms with Crippen molar-refractivity contribution < 1.29 is 13.3 Å². The second kappa shape index (κ2) is 5.60. The van der Waals surface area contributed by atoms with Crippen molar-refractivity contribution in [3.05, 3.63) is 34.4 Å². The van der Waals surface area contributed by atoms with Gasteiger partial charge in [-0.25, -0.2) is 8.42 Å². The van der Waals surface area contributed by atoms with Gasteiger partial charge in [-0.2, -0.15) is 4.31 Å². The second-order valence-corrected chi connectivity index (χ2v) is 7.80. The van der Waals surface area contributed by atoms with Crippen LogP contribution in [0.4, 0.5) is 5.69 Å². The largest absolute Gasteiger partial charge is 0.315 e. The number of nitrogens with zero attached hydrogens (tertiary/aromatic N) is 2. The summed E-state index contributed by atoms with van der Waals surface area (Å²) in [5, 5.41) is 14.0. The summed E-state index contributed by atoms with van der Waals surface area (Å²) in [6.07, 6.45) is 3.55. The van der Waals surface area contributed by atoms with E-state index < -0.39 is 14.9 Å². The van der Waals surface area contributed by atoms with Crippen LogP contribution in [0.15, 0.2) is 29.2 Å². The van der Waals surface area contributed by atoms with Crippen LogP contribution in [0, 0.1) is 10.1 Å². The molecule has 0 bridgehead atoms. The maximum atomic E-state index is 12.9. The molecule has 8 heteroatoms. The Morgan fingerprint density at radius 2 is 1.86 bits per heavy atom. The average Bonchev–Trinajstić information content (AvgIpc) is 2.92. The molecule has 22 heavy (non-hydrogen) atoms. The third-order valence-corrected chi connectivity index (χ3v) is 6.64. The highest BCUT2D eigenvalue weighted by Gasteiger charge is 2.47. The van der Waals surface area contributed by atoms with Crippen molar-refractivity contribution in [2.45, 2.75) is 36.1 Å². The van der Waals surface area contributed by atoms with Gasteiger partial charge in [0.1, 0.15) is 0 Å². The predicted octanol–water partition coefficient (Wildman–Crippen LogP) is 1.50. The molecule has 1 aromatic carbocycles. The van der Waals surface area contributed by atoms with Crippen LogP contribution in [0.1, 0.15) is 25.7 Å². The summed E-state index contributed by atoms with van der Waals surface area (Å²) in [6, 6.07) is 5.15. The molecule has 2 aliphatic rings. The van der Waals surface area contributed by atoms with Crippen molar-refractivity contribution in [1.82, 2.24) is 9.62 Å². The number of non-ortho nitro benzene ring substituents is 1. The summed E-state index contributed by atoms with van der Waals surface area (Å²) in [5.74, 6) is 0. The molecule has 1 N–H and O–H groups in total. The van der Waals surface area contributed by atoms with E-state index in [1.807, 2.05) is 0 Å². The summed E-state index contributed by atoms with van der Waals surface area (Å²) in [4.78, 5) is 10.3. The SMILES string of the molecule is O=[N+]([O-])c1ccc(S(=O)(=O)N2CCCC23CCCNC3)cc1. The Kier molecular flexibility index (Phi) is 3.92. The number of benzene rings is 1. The minimum absolute atomic E-state index is 0.102. The molecule has 3 rings (SSSR count). The zero-order chi connectivity index (χ0) is 15.8. The van der Waals surface area contributed by atoms with Gasteiger partial charge in [-0.3, -0.25) is 10.1 Å². The van der Waals surface area contributed by atoms with E-state index >= 15 is 0 Å². The van der Waals surface area contributed by atoms with Gasteiger partial charge in [0.15, 0.2) is 0 Å². The molecule has 7 nitrogen and oxygen atoms in total. The highest BCUT2D eigenvalue weighted by Crippen LogP contribution is 2.39. The van der Waals surface area contributed by atoms with E-state index in [4.69, 9.17) is 0 Å². The van der Waals surface area contributed by atoms with Gasteiger partial charge in [-0.15, -0.1) is 0 Å². The van der Waals surface area contributed by atoms with Gasteiger partial charge in [-0.05, 0) is 44.4 Å². The summed E-state index contributed by atoms with van der Waals surface area (Å²) in [6.45, 7) is 2.12. The molecule has 0 amide bonds. The minimum Gasteiger partial charge on any atom is -0.315 e. The number of rotatable bonds is 3. The molecule has 0 aliphatic carbocycles. The number of nitrogens with one attached hydrogen (secondary N) is 1. The molecule has 0 aromatic heterocycles. The van der Waals surface area contributed by atoms with Crippen molar-refractivity contribution in [2.24, 2.45) is 0 Å². The Balaban J connectivity index is 1.93. The Morgan fingerprint density at radius 3 is 2.45 bits per heavy atom. The van der Waals surface area contributed by atoms with Crippen LogP contribution in [0.5, 0.6) is 0 Å². The summed E-state index contributed by atoms with van der Waals surface area (Å²) in [5.41, 5.74) is -0.437. The second-order valence-electron chi connectivity index (χ2n) is 5.94. The van der Waals surface area contributed by atoms with Gasteiger partial charge in [0.25, 0.3) is 5.69 Å². The van der Waals surface area contributed by atoms with Crippen LogP contribution in [0.25, 0.3) is 0 Å². The summed E-state index contributed by atoms with van der Waals surface area (Å²) < 4.78 is 27.4. The van der Waals surface area contributed by atoms with E-state index in [1.54, 1.807) is 4.31 Å². The Morgan fingerprint density at radius 1 is 1.18 bits per heavy atom. The van der Waals surface area contributed by atoms with Crippen molar-refractivity contribution in [3.63, 3.8) is 0 Å². The Bertz CT molecular complexity index is 666. The number of sulfonamides is 1. The highest BCUT2D eigenvalue weighted by molar-refractivity contribution is 7.89. The smallest absolute Gasteiger partial charge is 0.269 e. The maximum absolute atomic E-state index is 12.9. The lowest BCUT2D eigenvalue weighted by molar-refractivity contribution is -0.384. The van der Waals surface area contributed by atoms with E-state index in [0.717, 1.165) is 32.2 Å². The van der Waals surface area contributed by atoms with Crippen molar-refractivity contribution >= 4 is 15.7 Å². The zero-order valence-electron chi connectivity index (χ0n) is 12.2. The molecule has 1 aromatic rings. The minimum atomic E-state index is -3.62. The first kappa shape index (κ1) is 15.4. The predicted molar refractivity (Wildman–Crippen MR) is 81.1 cm³/mol. The topological polar surface area (TPSA) is 92.5 Å². The van der Waals surface area contributed by atoms with E-state index in [1.165, 1.54) is 24.3 Å². The van der Waals surface area contributed by atoms with Crippen molar-refractivity contribution in [1.29, 1.82) is 0 Å². The fraction of sp³-hybridized carbons (Fsp3) is 0.571. The fourth-order valence-electron chi connectivity index (χ4n) is 3.53. The van der Waals surface area contributed by atoms with Crippen LogP contribution >= 0.6 is 0 Å². The first-order valence-corrected chi connectivity index (χ1v) is 8.88.